The molecular weight excluding hydrogens is 256 g/mol. The molecule has 2 aliphatic rings. The van der Waals surface area contributed by atoms with Gasteiger partial charge in [-0.25, -0.2) is 0 Å². The second kappa shape index (κ2) is 8.53. The number of nitrogens with zero attached hydrogens (tertiary/aromatic N) is 1. The van der Waals surface area contributed by atoms with Crippen molar-refractivity contribution in [3.63, 3.8) is 0 Å². The van der Waals surface area contributed by atoms with Crippen molar-refractivity contribution in [2.75, 3.05) is 19.6 Å². The molecule has 2 heteroatoms. The van der Waals surface area contributed by atoms with Gasteiger partial charge in [0.1, 0.15) is 0 Å². The van der Waals surface area contributed by atoms with E-state index in [1.807, 2.05) is 0 Å². The van der Waals surface area contributed by atoms with Crippen LogP contribution in [-0.4, -0.2) is 36.6 Å². The van der Waals surface area contributed by atoms with Gasteiger partial charge >= 0.3 is 0 Å². The molecule has 0 aromatic rings. The number of hydrogen-bond acceptors (Lipinski definition) is 2. The molecule has 1 N–H and O–H groups in total. The third-order valence-corrected chi connectivity index (χ3v) is 5.85. The van der Waals surface area contributed by atoms with E-state index in [1.165, 1.54) is 64.6 Å². The van der Waals surface area contributed by atoms with Crippen molar-refractivity contribution in [2.24, 2.45) is 17.8 Å². The molecule has 0 spiro atoms. The van der Waals surface area contributed by atoms with Gasteiger partial charge in [-0.15, -0.1) is 0 Å². The molecular formula is C19H38N2. The Labute approximate surface area is 133 Å². The fourth-order valence-corrected chi connectivity index (χ4v) is 4.94. The molecule has 2 rings (SSSR count). The Kier molecular flexibility index (Phi) is 7.01. The number of piperidine rings is 1. The molecule has 1 aliphatic carbocycles. The van der Waals surface area contributed by atoms with Crippen LogP contribution in [0.5, 0.6) is 0 Å². The molecule has 21 heavy (non-hydrogen) atoms. The fourth-order valence-electron chi connectivity index (χ4n) is 4.94. The van der Waals surface area contributed by atoms with Crippen LogP contribution in [0.4, 0.5) is 0 Å². The highest BCUT2D eigenvalue weighted by Gasteiger charge is 2.38. The highest BCUT2D eigenvalue weighted by atomic mass is 15.2. The average molecular weight is 295 g/mol. The van der Waals surface area contributed by atoms with Crippen LogP contribution in [-0.2, 0) is 0 Å². The molecule has 124 valence electrons. The summed E-state index contributed by atoms with van der Waals surface area (Å²) >= 11 is 0. The second-order valence-corrected chi connectivity index (χ2v) is 7.87. The fraction of sp³-hybridized carbons (Fsp3) is 1.00. The first-order chi connectivity index (χ1) is 10.2. The molecule has 1 saturated carbocycles. The number of likely N-dealkylation sites (tertiary alicyclic amines) is 1. The predicted octanol–water partition coefficient (Wildman–Crippen LogP) is 4.30. The maximum Gasteiger partial charge on any atom is 0.0275 e. The Hall–Kier alpha value is -0.0800. The van der Waals surface area contributed by atoms with Crippen molar-refractivity contribution in [2.45, 2.75) is 84.7 Å². The number of rotatable bonds is 6. The highest BCUT2D eigenvalue weighted by Crippen LogP contribution is 2.35. The topological polar surface area (TPSA) is 15.3 Å². The van der Waals surface area contributed by atoms with Crippen LogP contribution >= 0.6 is 0 Å². The maximum atomic E-state index is 3.87. The summed E-state index contributed by atoms with van der Waals surface area (Å²) in [5, 5.41) is 3.87. The summed E-state index contributed by atoms with van der Waals surface area (Å²) in [6.45, 7) is 13.4. The van der Waals surface area contributed by atoms with Crippen molar-refractivity contribution < 1.29 is 0 Å². The lowest BCUT2D eigenvalue weighted by Gasteiger charge is -2.48. The second-order valence-electron chi connectivity index (χ2n) is 7.87. The summed E-state index contributed by atoms with van der Waals surface area (Å²) in [6.07, 6.45) is 9.74. The van der Waals surface area contributed by atoms with E-state index in [0.29, 0.717) is 0 Å². The number of hydrogen-bond donors (Lipinski definition) is 1. The van der Waals surface area contributed by atoms with E-state index >= 15 is 0 Å². The van der Waals surface area contributed by atoms with E-state index < -0.39 is 0 Å². The van der Waals surface area contributed by atoms with Gasteiger partial charge in [-0.05, 0) is 69.5 Å². The Morgan fingerprint density at radius 3 is 2.33 bits per heavy atom. The van der Waals surface area contributed by atoms with Gasteiger partial charge in [0, 0.05) is 12.1 Å². The van der Waals surface area contributed by atoms with Gasteiger partial charge in [0.15, 0.2) is 0 Å². The molecule has 0 aromatic carbocycles. The molecule has 0 bridgehead atoms. The van der Waals surface area contributed by atoms with E-state index in [2.05, 4.69) is 37.9 Å². The van der Waals surface area contributed by atoms with Crippen LogP contribution in [0.1, 0.15) is 72.6 Å². The lowest BCUT2D eigenvalue weighted by molar-refractivity contribution is 0.0353. The molecule has 4 atom stereocenters. The first kappa shape index (κ1) is 17.3. The average Bonchev–Trinajstić information content (AvgIpc) is 2.46. The van der Waals surface area contributed by atoms with Crippen molar-refractivity contribution >= 4 is 0 Å². The predicted molar refractivity (Wildman–Crippen MR) is 92.6 cm³/mol. The van der Waals surface area contributed by atoms with Gasteiger partial charge in [-0.3, -0.25) is 4.90 Å². The quantitative estimate of drug-likeness (QED) is 0.785. The van der Waals surface area contributed by atoms with Crippen LogP contribution in [0, 0.1) is 17.8 Å². The third kappa shape index (κ3) is 4.69. The zero-order valence-corrected chi connectivity index (χ0v) is 14.9. The SMILES string of the molecule is CCCNC1CC(C)CC(C)C1N1CCC(CCC)CC1. The molecule has 2 fully saturated rings. The summed E-state index contributed by atoms with van der Waals surface area (Å²) in [5.41, 5.74) is 0. The molecule has 4 unspecified atom stereocenters. The zero-order chi connectivity index (χ0) is 15.2. The number of nitrogens with one attached hydrogen (secondary N) is 1. The van der Waals surface area contributed by atoms with Crippen molar-refractivity contribution in [3.05, 3.63) is 0 Å². The standard InChI is InChI=1S/C19H38N2/c1-5-7-17-8-11-21(12-9-17)19-16(4)13-15(3)14-18(19)20-10-6-2/h15-20H,5-14H2,1-4H3. The van der Waals surface area contributed by atoms with Crippen LogP contribution in [0.15, 0.2) is 0 Å². The van der Waals surface area contributed by atoms with Crippen molar-refractivity contribution in [1.82, 2.24) is 10.2 Å². The normalized spacial score (nSPS) is 36.0. The van der Waals surface area contributed by atoms with Crippen molar-refractivity contribution in [1.29, 1.82) is 0 Å². The van der Waals surface area contributed by atoms with E-state index in [1.54, 1.807) is 0 Å². The smallest absolute Gasteiger partial charge is 0.0275 e. The lowest BCUT2D eigenvalue weighted by atomic mass is 9.75. The minimum absolute atomic E-state index is 0.728. The van der Waals surface area contributed by atoms with Crippen LogP contribution in [0.3, 0.4) is 0 Å². The van der Waals surface area contributed by atoms with Gasteiger partial charge in [0.25, 0.3) is 0 Å². The van der Waals surface area contributed by atoms with Gasteiger partial charge in [0.2, 0.25) is 0 Å². The van der Waals surface area contributed by atoms with Crippen LogP contribution in [0.2, 0.25) is 0 Å². The van der Waals surface area contributed by atoms with E-state index in [4.69, 9.17) is 0 Å². The molecule has 0 radical (unpaired) electrons. The Morgan fingerprint density at radius 2 is 1.71 bits per heavy atom. The summed E-state index contributed by atoms with van der Waals surface area (Å²) < 4.78 is 0. The van der Waals surface area contributed by atoms with Crippen LogP contribution < -0.4 is 5.32 Å². The Balaban J connectivity index is 1.94. The minimum Gasteiger partial charge on any atom is -0.312 e. The summed E-state index contributed by atoms with van der Waals surface area (Å²) in [7, 11) is 0. The maximum absolute atomic E-state index is 3.87. The van der Waals surface area contributed by atoms with Gasteiger partial charge in [0.05, 0.1) is 0 Å². The van der Waals surface area contributed by atoms with E-state index in [0.717, 1.165) is 29.8 Å². The van der Waals surface area contributed by atoms with Crippen molar-refractivity contribution in [3.8, 4) is 0 Å². The van der Waals surface area contributed by atoms with Crippen LogP contribution in [0.25, 0.3) is 0 Å². The lowest BCUT2D eigenvalue weighted by Crippen LogP contribution is -2.58. The van der Waals surface area contributed by atoms with Gasteiger partial charge in [-0.1, -0.05) is 40.5 Å². The molecule has 0 amide bonds. The van der Waals surface area contributed by atoms with E-state index in [-0.39, 0.29) is 0 Å². The molecule has 1 saturated heterocycles. The first-order valence-electron chi connectivity index (χ1n) is 9.63. The molecule has 1 heterocycles. The minimum atomic E-state index is 0.728. The molecule has 0 aromatic heterocycles. The Morgan fingerprint density at radius 1 is 1.00 bits per heavy atom. The molecule has 1 aliphatic heterocycles. The highest BCUT2D eigenvalue weighted by molar-refractivity contribution is 4.95. The van der Waals surface area contributed by atoms with Gasteiger partial charge < -0.3 is 5.32 Å². The monoisotopic (exact) mass is 294 g/mol. The largest absolute Gasteiger partial charge is 0.312 e. The summed E-state index contributed by atoms with van der Waals surface area (Å²) in [6, 6.07) is 1.52. The summed E-state index contributed by atoms with van der Waals surface area (Å²) in [4.78, 5) is 2.84. The third-order valence-electron chi connectivity index (χ3n) is 5.85. The molecule has 2 nitrogen and oxygen atoms in total. The zero-order valence-electron chi connectivity index (χ0n) is 14.9. The van der Waals surface area contributed by atoms with Gasteiger partial charge in [-0.2, -0.15) is 0 Å². The van der Waals surface area contributed by atoms with E-state index in [9.17, 15) is 0 Å². The first-order valence-corrected chi connectivity index (χ1v) is 9.63. The summed E-state index contributed by atoms with van der Waals surface area (Å²) in [5.74, 6) is 2.75. The Bertz CT molecular complexity index is 283.